The highest BCUT2D eigenvalue weighted by atomic mass is 16.5. The molecule has 0 saturated carbocycles. The van der Waals surface area contributed by atoms with E-state index in [1.807, 2.05) is 19.2 Å². The number of pyridine rings is 1. The molecule has 2 atom stereocenters. The lowest BCUT2D eigenvalue weighted by Crippen LogP contribution is -2.51. The molecule has 170 valence electrons. The lowest BCUT2D eigenvalue weighted by atomic mass is 9.58. The van der Waals surface area contributed by atoms with E-state index in [0.717, 1.165) is 57.8 Å². The van der Waals surface area contributed by atoms with Gasteiger partial charge in [0.15, 0.2) is 11.9 Å². The number of rotatable bonds is 4. The van der Waals surface area contributed by atoms with Gasteiger partial charge in [-0.3, -0.25) is 9.78 Å². The molecule has 5 rings (SSSR count). The summed E-state index contributed by atoms with van der Waals surface area (Å²) in [7, 11) is 1.66. The smallest absolute Gasteiger partial charge is 0.164 e. The largest absolute Gasteiger partial charge is 0.494 e. The number of Topliss-reactive ketones (excluding diaryl/α,β-unsaturated/α-hetero) is 1. The van der Waals surface area contributed by atoms with Crippen molar-refractivity contribution < 1.29 is 9.53 Å². The Kier molecular flexibility index (Phi) is 5.00. The van der Waals surface area contributed by atoms with Gasteiger partial charge in [0.1, 0.15) is 5.75 Å². The highest BCUT2D eigenvalue weighted by molar-refractivity contribution is 6.01. The molecule has 1 N–H and O–H groups in total. The number of hydrogen-bond acceptors (Lipinski definition) is 6. The fourth-order valence-corrected chi connectivity index (χ4v) is 5.78. The average molecular weight is 443 g/mol. The Hall–Kier alpha value is -3.28. The minimum Gasteiger partial charge on any atom is -0.494 e. The van der Waals surface area contributed by atoms with E-state index >= 15 is 0 Å². The predicted octanol–water partition coefficient (Wildman–Crippen LogP) is 5.64. The third-order valence-corrected chi connectivity index (χ3v) is 7.20. The van der Waals surface area contributed by atoms with Gasteiger partial charge in [-0.05, 0) is 48.4 Å². The molecule has 3 heterocycles. The highest BCUT2D eigenvalue weighted by Gasteiger charge is 2.52. The molecule has 1 aliphatic carbocycles. The fraction of sp³-hybridized carbons (Fsp3) is 0.407. The molecule has 33 heavy (non-hydrogen) atoms. The van der Waals surface area contributed by atoms with Crippen LogP contribution in [0, 0.1) is 12.3 Å². The molecule has 0 radical (unpaired) electrons. The molecule has 0 bridgehead atoms. The molecule has 1 aromatic heterocycles. The summed E-state index contributed by atoms with van der Waals surface area (Å²) in [6.07, 6.45) is 5.50. The average Bonchev–Trinajstić information content (AvgIpc) is 3.25. The second-order valence-electron chi connectivity index (χ2n) is 10.0. The zero-order chi connectivity index (χ0) is 23.4. The van der Waals surface area contributed by atoms with Crippen LogP contribution in [0.4, 0.5) is 0 Å². The van der Waals surface area contributed by atoms with Crippen LogP contribution in [0.5, 0.6) is 5.75 Å². The molecule has 6 nitrogen and oxygen atoms in total. The van der Waals surface area contributed by atoms with Crippen LogP contribution in [0.15, 0.2) is 69.8 Å². The first-order valence-corrected chi connectivity index (χ1v) is 11.5. The van der Waals surface area contributed by atoms with Crippen molar-refractivity contribution in [2.24, 2.45) is 15.6 Å². The third-order valence-electron chi connectivity index (χ3n) is 7.20. The van der Waals surface area contributed by atoms with Crippen molar-refractivity contribution in [1.82, 2.24) is 10.3 Å². The van der Waals surface area contributed by atoms with Gasteiger partial charge in [0, 0.05) is 34.5 Å². The second-order valence-corrected chi connectivity index (χ2v) is 10.0. The van der Waals surface area contributed by atoms with Gasteiger partial charge >= 0.3 is 0 Å². The van der Waals surface area contributed by atoms with E-state index in [1.165, 1.54) is 0 Å². The standard InChI is InChI=1S/C27H30N4O2/c1-6-27(18-9-7-8-17(11-18)19-10-16(2)28-15-23(19)33-5)20-14-29-31-25(20)30-21-12-26(3,4)13-22(32)24(21)27/h7-11,14-15,25,30H,6,12-13H2,1-5H3. The number of carbonyl (C=O) groups excluding carboxylic acids is 1. The Balaban J connectivity index is 1.74. The predicted molar refractivity (Wildman–Crippen MR) is 128 cm³/mol. The fourth-order valence-electron chi connectivity index (χ4n) is 5.78. The molecular weight excluding hydrogens is 412 g/mol. The van der Waals surface area contributed by atoms with Crippen molar-refractivity contribution in [2.45, 2.75) is 58.5 Å². The van der Waals surface area contributed by atoms with Crippen LogP contribution >= 0.6 is 0 Å². The van der Waals surface area contributed by atoms with E-state index in [-0.39, 0.29) is 17.4 Å². The zero-order valence-electron chi connectivity index (χ0n) is 19.9. The molecule has 0 saturated heterocycles. The summed E-state index contributed by atoms with van der Waals surface area (Å²) in [5.41, 5.74) is 6.35. The molecule has 0 spiro atoms. The maximum Gasteiger partial charge on any atom is 0.164 e. The zero-order valence-corrected chi connectivity index (χ0v) is 19.9. The van der Waals surface area contributed by atoms with Crippen molar-refractivity contribution in [2.75, 3.05) is 7.11 Å². The summed E-state index contributed by atoms with van der Waals surface area (Å²) in [6, 6.07) is 10.5. The number of nitrogens with one attached hydrogen (secondary N) is 1. The first kappa shape index (κ1) is 21.6. The summed E-state index contributed by atoms with van der Waals surface area (Å²) in [5, 5.41) is 12.3. The van der Waals surface area contributed by atoms with Gasteiger partial charge < -0.3 is 10.1 Å². The first-order valence-electron chi connectivity index (χ1n) is 11.5. The highest BCUT2D eigenvalue weighted by Crippen LogP contribution is 2.54. The lowest BCUT2D eigenvalue weighted by molar-refractivity contribution is -0.119. The summed E-state index contributed by atoms with van der Waals surface area (Å²) in [6.45, 7) is 8.45. The first-order chi connectivity index (χ1) is 15.8. The number of aromatic nitrogens is 1. The Labute approximate surface area is 194 Å². The van der Waals surface area contributed by atoms with Crippen molar-refractivity contribution in [1.29, 1.82) is 0 Å². The van der Waals surface area contributed by atoms with Crippen LogP contribution in [0.3, 0.4) is 0 Å². The number of ether oxygens (including phenoxy) is 1. The van der Waals surface area contributed by atoms with E-state index in [0.29, 0.717) is 6.42 Å². The van der Waals surface area contributed by atoms with Gasteiger partial charge in [0.05, 0.1) is 24.9 Å². The van der Waals surface area contributed by atoms with Crippen LogP contribution in [0.2, 0.25) is 0 Å². The molecule has 6 heteroatoms. The van der Waals surface area contributed by atoms with Gasteiger partial charge in [0.25, 0.3) is 0 Å². The van der Waals surface area contributed by atoms with Crippen molar-refractivity contribution >= 4 is 5.78 Å². The number of hydrogen-bond donors (Lipinski definition) is 1. The number of benzene rings is 1. The van der Waals surface area contributed by atoms with E-state index in [1.54, 1.807) is 13.3 Å². The lowest BCUT2D eigenvalue weighted by Gasteiger charge is -2.47. The maximum absolute atomic E-state index is 13.7. The monoisotopic (exact) mass is 442 g/mol. The molecule has 2 aromatic rings. The molecular formula is C27H30N4O2. The van der Waals surface area contributed by atoms with E-state index in [4.69, 9.17) is 4.74 Å². The number of aryl methyl sites for hydroxylation is 1. The van der Waals surface area contributed by atoms with Gasteiger partial charge in [-0.25, -0.2) is 0 Å². The number of methoxy groups -OCH3 is 1. The van der Waals surface area contributed by atoms with E-state index in [2.05, 4.69) is 65.6 Å². The van der Waals surface area contributed by atoms with Gasteiger partial charge in [-0.15, -0.1) is 0 Å². The topological polar surface area (TPSA) is 75.9 Å². The quantitative estimate of drug-likeness (QED) is 0.665. The SMILES string of the molecule is CCC1(c2cccc(-c3cc(C)ncc3OC)c2)C2=CN=NC2NC2=C1C(=O)CC(C)(C)C2. The van der Waals surface area contributed by atoms with Crippen LogP contribution in [-0.4, -0.2) is 24.0 Å². The maximum atomic E-state index is 13.7. The van der Waals surface area contributed by atoms with Gasteiger partial charge in [0.2, 0.25) is 0 Å². The van der Waals surface area contributed by atoms with E-state index < -0.39 is 5.41 Å². The third kappa shape index (κ3) is 3.31. The summed E-state index contributed by atoms with van der Waals surface area (Å²) in [5.74, 6) is 0.941. The number of carbonyl (C=O) groups is 1. The van der Waals surface area contributed by atoms with E-state index in [9.17, 15) is 4.79 Å². The number of nitrogens with zero attached hydrogens (tertiary/aromatic N) is 3. The Morgan fingerprint density at radius 1 is 1.21 bits per heavy atom. The summed E-state index contributed by atoms with van der Waals surface area (Å²) < 4.78 is 5.61. The molecule has 1 aromatic carbocycles. The molecule has 2 unspecified atom stereocenters. The van der Waals surface area contributed by atoms with Crippen molar-refractivity contribution in [3.8, 4) is 16.9 Å². The second kappa shape index (κ2) is 7.65. The summed E-state index contributed by atoms with van der Waals surface area (Å²) >= 11 is 0. The molecule has 0 amide bonds. The normalized spacial score (nSPS) is 25.3. The van der Waals surface area contributed by atoms with Crippen LogP contribution in [-0.2, 0) is 10.2 Å². The Bertz CT molecular complexity index is 1240. The van der Waals surface area contributed by atoms with Gasteiger partial charge in [-0.2, -0.15) is 10.2 Å². The molecule has 2 aliphatic heterocycles. The minimum atomic E-state index is -0.562. The summed E-state index contributed by atoms with van der Waals surface area (Å²) in [4.78, 5) is 18.0. The van der Waals surface area contributed by atoms with Gasteiger partial charge in [-0.1, -0.05) is 39.0 Å². The van der Waals surface area contributed by atoms with Crippen LogP contribution in [0.25, 0.3) is 11.1 Å². The van der Waals surface area contributed by atoms with Crippen LogP contribution in [0.1, 0.15) is 51.3 Å². The number of azo groups is 1. The number of allylic oxidation sites excluding steroid dienone is 2. The number of ketones is 1. The van der Waals surface area contributed by atoms with Crippen LogP contribution < -0.4 is 10.1 Å². The van der Waals surface area contributed by atoms with Crippen molar-refractivity contribution in [3.63, 3.8) is 0 Å². The van der Waals surface area contributed by atoms with Crippen molar-refractivity contribution in [3.05, 3.63) is 70.8 Å². The minimum absolute atomic E-state index is 0.0802. The molecule has 3 aliphatic rings. The Morgan fingerprint density at radius 2 is 2.03 bits per heavy atom. The molecule has 0 fully saturated rings. The number of fused-ring (bicyclic) bond motifs is 1. The Morgan fingerprint density at radius 3 is 2.79 bits per heavy atom.